The SMILES string of the molecule is OCC12OC(O)C(O)C1C(O)C2O. The summed E-state index contributed by atoms with van der Waals surface area (Å²) >= 11 is 0. The first-order valence-electron chi connectivity index (χ1n) is 4.05. The van der Waals surface area contributed by atoms with Crippen LogP contribution >= 0.6 is 0 Å². The molecule has 1 aliphatic heterocycles. The highest BCUT2D eigenvalue weighted by atomic mass is 16.7. The van der Waals surface area contributed by atoms with Crippen molar-refractivity contribution in [2.75, 3.05) is 6.61 Å². The monoisotopic (exact) mass is 192 g/mol. The smallest absolute Gasteiger partial charge is 0.182 e. The molecule has 1 heterocycles. The van der Waals surface area contributed by atoms with E-state index in [1.807, 2.05) is 0 Å². The van der Waals surface area contributed by atoms with Gasteiger partial charge in [-0.15, -0.1) is 0 Å². The maximum Gasteiger partial charge on any atom is 0.182 e. The zero-order valence-electron chi connectivity index (χ0n) is 6.74. The summed E-state index contributed by atoms with van der Waals surface area (Å²) in [6.45, 7) is -0.538. The summed E-state index contributed by atoms with van der Waals surface area (Å²) in [7, 11) is 0. The minimum Gasteiger partial charge on any atom is -0.393 e. The summed E-state index contributed by atoms with van der Waals surface area (Å²) < 4.78 is 4.84. The van der Waals surface area contributed by atoms with Gasteiger partial charge in [0, 0.05) is 0 Å². The first-order chi connectivity index (χ1) is 6.04. The van der Waals surface area contributed by atoms with Crippen LogP contribution in [0.2, 0.25) is 0 Å². The zero-order chi connectivity index (χ0) is 9.80. The van der Waals surface area contributed by atoms with E-state index in [-0.39, 0.29) is 0 Å². The van der Waals surface area contributed by atoms with Crippen LogP contribution in [0, 0.1) is 5.92 Å². The second-order valence-electron chi connectivity index (χ2n) is 3.57. The molecule has 6 unspecified atom stereocenters. The lowest BCUT2D eigenvalue weighted by molar-refractivity contribution is -0.278. The normalized spacial score (nSPS) is 60.2. The van der Waals surface area contributed by atoms with Crippen LogP contribution in [0.3, 0.4) is 0 Å². The van der Waals surface area contributed by atoms with Gasteiger partial charge in [-0.05, 0) is 0 Å². The van der Waals surface area contributed by atoms with Crippen LogP contribution in [-0.2, 0) is 4.74 Å². The third-order valence-electron chi connectivity index (χ3n) is 3.00. The molecule has 0 amide bonds. The van der Waals surface area contributed by atoms with Crippen molar-refractivity contribution in [2.24, 2.45) is 5.92 Å². The van der Waals surface area contributed by atoms with Gasteiger partial charge in [0.1, 0.15) is 17.8 Å². The Morgan fingerprint density at radius 3 is 2.15 bits per heavy atom. The molecule has 6 nitrogen and oxygen atoms in total. The summed E-state index contributed by atoms with van der Waals surface area (Å²) in [4.78, 5) is 0. The molecule has 6 atom stereocenters. The summed E-state index contributed by atoms with van der Waals surface area (Å²) in [5, 5.41) is 45.9. The molecule has 0 spiro atoms. The molecule has 0 aromatic carbocycles. The quantitative estimate of drug-likeness (QED) is 0.299. The third kappa shape index (κ3) is 0.876. The summed E-state index contributed by atoms with van der Waals surface area (Å²) in [5.41, 5.74) is -1.39. The Hall–Kier alpha value is -0.240. The van der Waals surface area contributed by atoms with E-state index in [0.717, 1.165) is 0 Å². The molecule has 2 aliphatic rings. The van der Waals surface area contributed by atoms with Crippen LogP contribution in [0.25, 0.3) is 0 Å². The van der Waals surface area contributed by atoms with Crippen molar-refractivity contribution in [3.63, 3.8) is 0 Å². The number of aliphatic hydroxyl groups excluding tert-OH is 5. The molecule has 2 rings (SSSR count). The van der Waals surface area contributed by atoms with E-state index in [1.54, 1.807) is 0 Å². The molecule has 0 radical (unpaired) electrons. The molecular formula is C7H12O6. The lowest BCUT2D eigenvalue weighted by atomic mass is 9.64. The summed E-state index contributed by atoms with van der Waals surface area (Å²) in [5.74, 6) is -0.817. The van der Waals surface area contributed by atoms with Gasteiger partial charge in [0.15, 0.2) is 6.29 Å². The summed E-state index contributed by atoms with van der Waals surface area (Å²) in [6.07, 6.45) is -5.12. The first kappa shape index (κ1) is 9.32. The van der Waals surface area contributed by atoms with Crippen molar-refractivity contribution in [1.29, 1.82) is 0 Å². The average molecular weight is 192 g/mol. The molecule has 13 heavy (non-hydrogen) atoms. The van der Waals surface area contributed by atoms with Crippen LogP contribution < -0.4 is 0 Å². The van der Waals surface area contributed by atoms with Gasteiger partial charge in [-0.1, -0.05) is 0 Å². The number of hydrogen-bond acceptors (Lipinski definition) is 6. The lowest BCUT2D eigenvalue weighted by Crippen LogP contribution is -2.71. The molecule has 5 N–H and O–H groups in total. The topological polar surface area (TPSA) is 110 Å². The molecule has 0 aromatic heterocycles. The largest absolute Gasteiger partial charge is 0.393 e. The van der Waals surface area contributed by atoms with Crippen LogP contribution in [-0.4, -0.2) is 62.3 Å². The maximum absolute atomic E-state index is 9.32. The predicted molar refractivity (Wildman–Crippen MR) is 38.4 cm³/mol. The highest BCUT2D eigenvalue weighted by molar-refractivity contribution is 5.17. The van der Waals surface area contributed by atoms with Crippen LogP contribution in [0.5, 0.6) is 0 Å². The van der Waals surface area contributed by atoms with Crippen molar-refractivity contribution < 1.29 is 30.3 Å². The molecule has 0 aromatic rings. The Balaban J connectivity index is 2.26. The molecule has 76 valence electrons. The third-order valence-corrected chi connectivity index (χ3v) is 3.00. The fourth-order valence-corrected chi connectivity index (χ4v) is 2.20. The van der Waals surface area contributed by atoms with Gasteiger partial charge in [0.05, 0.1) is 18.6 Å². The number of rotatable bonds is 1. The van der Waals surface area contributed by atoms with E-state index in [2.05, 4.69) is 0 Å². The molecule has 2 fully saturated rings. The van der Waals surface area contributed by atoms with E-state index < -0.39 is 42.7 Å². The van der Waals surface area contributed by atoms with Gasteiger partial charge in [-0.25, -0.2) is 0 Å². The minimum atomic E-state index is -1.45. The second-order valence-corrected chi connectivity index (χ2v) is 3.57. The van der Waals surface area contributed by atoms with E-state index in [1.165, 1.54) is 0 Å². The summed E-state index contributed by atoms with van der Waals surface area (Å²) in [6, 6.07) is 0. The Bertz CT molecular complexity index is 221. The average Bonchev–Trinajstić information content (AvgIpc) is 2.36. The molecule has 1 saturated carbocycles. The molecule has 0 bridgehead atoms. The van der Waals surface area contributed by atoms with Crippen LogP contribution in [0.15, 0.2) is 0 Å². The van der Waals surface area contributed by atoms with Gasteiger partial charge < -0.3 is 30.3 Å². The van der Waals surface area contributed by atoms with E-state index in [0.29, 0.717) is 0 Å². The van der Waals surface area contributed by atoms with Crippen molar-refractivity contribution in [2.45, 2.75) is 30.2 Å². The van der Waals surface area contributed by atoms with E-state index >= 15 is 0 Å². The standard InChI is InChI=1S/C7H12O6/c8-1-7-2(3(9)5(7)11)4(10)6(12)13-7/h2-6,8-12H,1H2. The Labute approximate surface area is 74.0 Å². The highest BCUT2D eigenvalue weighted by Gasteiger charge is 2.71. The van der Waals surface area contributed by atoms with Crippen molar-refractivity contribution in [3.8, 4) is 0 Å². The molecular weight excluding hydrogens is 180 g/mol. The number of aliphatic hydroxyl groups is 5. The molecule has 1 aliphatic carbocycles. The minimum absolute atomic E-state index is 0.538. The van der Waals surface area contributed by atoms with Crippen molar-refractivity contribution in [3.05, 3.63) is 0 Å². The Morgan fingerprint density at radius 2 is 1.69 bits per heavy atom. The van der Waals surface area contributed by atoms with E-state index in [9.17, 15) is 15.3 Å². The lowest BCUT2D eigenvalue weighted by Gasteiger charge is -2.50. The number of fused-ring (bicyclic) bond motifs is 1. The second kappa shape index (κ2) is 2.63. The zero-order valence-corrected chi connectivity index (χ0v) is 6.74. The van der Waals surface area contributed by atoms with Crippen molar-refractivity contribution in [1.82, 2.24) is 0 Å². The fourth-order valence-electron chi connectivity index (χ4n) is 2.20. The van der Waals surface area contributed by atoms with Crippen molar-refractivity contribution >= 4 is 0 Å². The first-order valence-corrected chi connectivity index (χ1v) is 4.05. The van der Waals surface area contributed by atoms with Crippen LogP contribution in [0.4, 0.5) is 0 Å². The van der Waals surface area contributed by atoms with E-state index in [4.69, 9.17) is 14.9 Å². The highest BCUT2D eigenvalue weighted by Crippen LogP contribution is 2.50. The number of ether oxygens (including phenoxy) is 1. The molecule has 6 heteroatoms. The number of hydrogen-bond donors (Lipinski definition) is 5. The van der Waals surface area contributed by atoms with Gasteiger partial charge in [0.2, 0.25) is 0 Å². The Morgan fingerprint density at radius 1 is 1.08 bits per heavy atom. The fraction of sp³-hybridized carbons (Fsp3) is 1.00. The van der Waals surface area contributed by atoms with Crippen LogP contribution in [0.1, 0.15) is 0 Å². The Kier molecular flexibility index (Phi) is 1.88. The predicted octanol–water partition coefficient (Wildman–Crippen LogP) is -3.22. The van der Waals surface area contributed by atoms with Gasteiger partial charge in [-0.3, -0.25) is 0 Å². The van der Waals surface area contributed by atoms with Gasteiger partial charge in [0.25, 0.3) is 0 Å². The maximum atomic E-state index is 9.32. The molecule has 1 saturated heterocycles. The van der Waals surface area contributed by atoms with Gasteiger partial charge in [-0.2, -0.15) is 0 Å². The van der Waals surface area contributed by atoms with Gasteiger partial charge >= 0.3 is 0 Å².